The molecule has 0 aromatic heterocycles. The molecule has 2 fully saturated rings. The lowest BCUT2D eigenvalue weighted by Gasteiger charge is -2.39. The Balaban J connectivity index is 1.91. The number of nitrogens with one attached hydrogen (secondary N) is 2. The van der Waals surface area contributed by atoms with E-state index in [1.807, 2.05) is 0 Å². The molecule has 0 aromatic carbocycles. The molecule has 2 saturated carbocycles. The van der Waals surface area contributed by atoms with Crippen LogP contribution in [0.2, 0.25) is 0 Å². The molecule has 0 radical (unpaired) electrons. The van der Waals surface area contributed by atoms with Crippen molar-refractivity contribution in [3.05, 3.63) is 0 Å². The third-order valence-corrected chi connectivity index (χ3v) is 5.71. The zero-order chi connectivity index (χ0) is 14.3. The smallest absolute Gasteiger partial charge is 0.407 e. The highest BCUT2D eigenvalue weighted by atomic mass is 16.5. The largest absolute Gasteiger partial charge is 0.453 e. The van der Waals surface area contributed by atoms with Crippen molar-refractivity contribution in [3.8, 4) is 0 Å². The summed E-state index contributed by atoms with van der Waals surface area (Å²) in [6, 6.07) is 0.216. The quantitative estimate of drug-likeness (QED) is 0.818. The Bertz CT molecular complexity index is 394. The SMILES string of the molecule is COC(=O)NCC(=O)N[C@@H]1C[C@H]2CC[C@@]1(C)C2(C)C. The molecule has 0 spiro atoms. The Hall–Kier alpha value is -1.26. The summed E-state index contributed by atoms with van der Waals surface area (Å²) in [7, 11) is 1.28. The number of methoxy groups -OCH3 is 1. The normalized spacial score (nSPS) is 34.9. The first kappa shape index (κ1) is 14.2. The van der Waals surface area contributed by atoms with Gasteiger partial charge in [-0.2, -0.15) is 0 Å². The van der Waals surface area contributed by atoms with E-state index in [0.29, 0.717) is 5.92 Å². The van der Waals surface area contributed by atoms with Crippen LogP contribution in [0.15, 0.2) is 0 Å². The fraction of sp³-hybridized carbons (Fsp3) is 0.857. The van der Waals surface area contributed by atoms with Crippen LogP contribution in [0.25, 0.3) is 0 Å². The maximum atomic E-state index is 11.9. The zero-order valence-corrected chi connectivity index (χ0v) is 12.2. The van der Waals surface area contributed by atoms with Crippen LogP contribution in [0.1, 0.15) is 40.0 Å². The minimum absolute atomic E-state index is 0.0235. The van der Waals surface area contributed by atoms with Crippen molar-refractivity contribution >= 4 is 12.0 Å². The van der Waals surface area contributed by atoms with E-state index in [1.165, 1.54) is 20.0 Å². The number of hydrogen-bond acceptors (Lipinski definition) is 3. The predicted octanol–water partition coefficient (Wildman–Crippen LogP) is 1.67. The number of hydrogen-bond donors (Lipinski definition) is 2. The van der Waals surface area contributed by atoms with Crippen LogP contribution in [0.5, 0.6) is 0 Å². The number of carbonyl (C=O) groups excluding carboxylic acids is 2. The third-order valence-electron chi connectivity index (χ3n) is 5.71. The minimum Gasteiger partial charge on any atom is -0.453 e. The van der Waals surface area contributed by atoms with Gasteiger partial charge in [-0.05, 0) is 36.0 Å². The second-order valence-electron chi connectivity index (χ2n) is 6.58. The van der Waals surface area contributed by atoms with Crippen molar-refractivity contribution in [1.82, 2.24) is 10.6 Å². The van der Waals surface area contributed by atoms with Crippen LogP contribution in [0.4, 0.5) is 4.79 Å². The molecule has 0 heterocycles. The fourth-order valence-corrected chi connectivity index (χ4v) is 3.89. The van der Waals surface area contributed by atoms with Crippen molar-refractivity contribution in [1.29, 1.82) is 0 Å². The van der Waals surface area contributed by atoms with Gasteiger partial charge in [-0.25, -0.2) is 4.79 Å². The molecule has 2 aliphatic carbocycles. The molecule has 19 heavy (non-hydrogen) atoms. The molecule has 2 N–H and O–H groups in total. The van der Waals surface area contributed by atoms with Gasteiger partial charge in [0.05, 0.1) is 7.11 Å². The van der Waals surface area contributed by atoms with Crippen molar-refractivity contribution in [2.75, 3.05) is 13.7 Å². The topological polar surface area (TPSA) is 67.4 Å². The highest BCUT2D eigenvalue weighted by molar-refractivity contribution is 5.82. The fourth-order valence-electron chi connectivity index (χ4n) is 3.89. The van der Waals surface area contributed by atoms with E-state index in [9.17, 15) is 9.59 Å². The molecule has 108 valence electrons. The van der Waals surface area contributed by atoms with Crippen LogP contribution < -0.4 is 10.6 Å². The van der Waals surface area contributed by atoms with Crippen molar-refractivity contribution in [3.63, 3.8) is 0 Å². The average molecular weight is 268 g/mol. The average Bonchev–Trinajstić information content (AvgIpc) is 2.69. The van der Waals surface area contributed by atoms with Gasteiger partial charge < -0.3 is 15.4 Å². The summed E-state index contributed by atoms with van der Waals surface area (Å²) in [5.74, 6) is 0.552. The Kier molecular flexibility index (Phi) is 3.49. The maximum Gasteiger partial charge on any atom is 0.407 e. The van der Waals surface area contributed by atoms with E-state index in [4.69, 9.17) is 0 Å². The van der Waals surface area contributed by atoms with E-state index in [-0.39, 0.29) is 29.3 Å². The molecule has 5 nitrogen and oxygen atoms in total. The standard InChI is InChI=1S/C14H24N2O3/c1-13(2)9-5-6-14(13,3)10(7-9)16-11(17)8-15-12(18)19-4/h9-10H,5-8H2,1-4H3,(H,15,18)(H,16,17)/t9-,10-,14-/m1/s1. The van der Waals surface area contributed by atoms with Crippen LogP contribution in [0, 0.1) is 16.7 Å². The summed E-state index contributed by atoms with van der Waals surface area (Å²) in [5, 5.41) is 5.49. The summed E-state index contributed by atoms with van der Waals surface area (Å²) in [5.41, 5.74) is 0.444. The molecule has 0 saturated heterocycles. The zero-order valence-electron chi connectivity index (χ0n) is 12.2. The Labute approximate surface area is 114 Å². The Morgan fingerprint density at radius 2 is 2.00 bits per heavy atom. The molecule has 5 heteroatoms. The molecule has 2 bridgehead atoms. The first-order valence-electron chi connectivity index (χ1n) is 6.92. The van der Waals surface area contributed by atoms with Crippen molar-refractivity contribution < 1.29 is 14.3 Å². The van der Waals surface area contributed by atoms with Gasteiger partial charge in [0, 0.05) is 6.04 Å². The van der Waals surface area contributed by atoms with Crippen molar-refractivity contribution in [2.45, 2.75) is 46.1 Å². The summed E-state index contributed by atoms with van der Waals surface area (Å²) in [6.45, 7) is 6.87. The second-order valence-corrected chi connectivity index (χ2v) is 6.58. The van der Waals surface area contributed by atoms with Crippen molar-refractivity contribution in [2.24, 2.45) is 16.7 Å². The molecule has 0 unspecified atom stereocenters. The highest BCUT2D eigenvalue weighted by Crippen LogP contribution is 2.65. The van der Waals surface area contributed by atoms with Gasteiger partial charge in [0.1, 0.15) is 6.54 Å². The van der Waals surface area contributed by atoms with Crippen LogP contribution in [0.3, 0.4) is 0 Å². The first-order valence-corrected chi connectivity index (χ1v) is 6.92. The van der Waals surface area contributed by atoms with Gasteiger partial charge in [0.25, 0.3) is 0 Å². The van der Waals surface area contributed by atoms with E-state index in [2.05, 4.69) is 36.1 Å². The number of fused-ring (bicyclic) bond motifs is 2. The number of carbonyl (C=O) groups is 2. The minimum atomic E-state index is -0.574. The lowest BCUT2D eigenvalue weighted by molar-refractivity contribution is -0.121. The molecule has 2 amide bonds. The van der Waals surface area contributed by atoms with Gasteiger partial charge >= 0.3 is 6.09 Å². The monoisotopic (exact) mass is 268 g/mol. The van der Waals surface area contributed by atoms with Gasteiger partial charge in [-0.3, -0.25) is 4.79 Å². The molecule has 2 rings (SSSR count). The van der Waals surface area contributed by atoms with Gasteiger partial charge in [0.15, 0.2) is 0 Å². The summed E-state index contributed by atoms with van der Waals surface area (Å²) >= 11 is 0. The van der Waals surface area contributed by atoms with Crippen LogP contribution in [-0.4, -0.2) is 31.7 Å². The summed E-state index contributed by atoms with van der Waals surface area (Å²) < 4.78 is 4.44. The van der Waals surface area contributed by atoms with Crippen LogP contribution in [-0.2, 0) is 9.53 Å². The van der Waals surface area contributed by atoms with E-state index in [0.717, 1.165) is 6.42 Å². The molecule has 0 aromatic rings. The van der Waals surface area contributed by atoms with Gasteiger partial charge in [-0.15, -0.1) is 0 Å². The summed E-state index contributed by atoms with van der Waals surface area (Å²) in [4.78, 5) is 22.8. The number of alkyl carbamates (subject to hydrolysis) is 1. The number of rotatable bonds is 3. The van der Waals surface area contributed by atoms with E-state index in [1.54, 1.807) is 0 Å². The number of amides is 2. The van der Waals surface area contributed by atoms with E-state index >= 15 is 0 Å². The molecular weight excluding hydrogens is 244 g/mol. The highest BCUT2D eigenvalue weighted by Gasteiger charge is 2.61. The lowest BCUT2D eigenvalue weighted by Crippen LogP contribution is -2.49. The maximum absolute atomic E-state index is 11.9. The third kappa shape index (κ3) is 2.19. The Morgan fingerprint density at radius 3 is 2.47 bits per heavy atom. The molecule has 3 atom stereocenters. The second kappa shape index (κ2) is 4.69. The molecule has 0 aliphatic heterocycles. The molecular formula is C14H24N2O3. The Morgan fingerprint density at radius 1 is 1.32 bits per heavy atom. The lowest BCUT2D eigenvalue weighted by atomic mass is 9.69. The number of ether oxygens (including phenoxy) is 1. The summed E-state index contributed by atoms with van der Waals surface area (Å²) in [6.07, 6.45) is 2.90. The van der Waals surface area contributed by atoms with E-state index < -0.39 is 6.09 Å². The van der Waals surface area contributed by atoms with Gasteiger partial charge in [0.2, 0.25) is 5.91 Å². The van der Waals surface area contributed by atoms with Crippen LogP contribution >= 0.6 is 0 Å². The molecule has 2 aliphatic rings. The van der Waals surface area contributed by atoms with Gasteiger partial charge in [-0.1, -0.05) is 20.8 Å². The predicted molar refractivity (Wildman–Crippen MR) is 71.6 cm³/mol. The first-order chi connectivity index (χ1) is 8.81.